The summed E-state index contributed by atoms with van der Waals surface area (Å²) in [6.45, 7) is 6.66. The van der Waals surface area contributed by atoms with E-state index in [1.54, 1.807) is 0 Å². The van der Waals surface area contributed by atoms with E-state index in [0.29, 0.717) is 23.9 Å². The van der Waals surface area contributed by atoms with Crippen LogP contribution in [-0.4, -0.2) is 69.4 Å². The number of ether oxygens (including phenoxy) is 1. The number of hydrogen-bond acceptors (Lipinski definition) is 7. The number of carbonyl (C=O) groups is 2. The Morgan fingerprint density at radius 2 is 0.790 bits per heavy atom. The van der Waals surface area contributed by atoms with Crippen LogP contribution < -0.4 is 10.2 Å². The number of likely N-dealkylation sites (N-methyl/N-ethyl adjacent to an activating group) is 1. The fourth-order valence-corrected chi connectivity index (χ4v) is 9.55. The predicted octanol–water partition coefficient (Wildman–Crippen LogP) is 20.0. The zero-order chi connectivity index (χ0) is 59.3. The fraction of sp³-hybridized carbons (Fsp3) is 0.690. The number of rotatable bonds is 58. The van der Waals surface area contributed by atoms with Crippen LogP contribution in [0.15, 0.2) is 122 Å². The first-order valence-electron chi connectivity index (χ1n) is 32.8. The number of unbranched alkanes of at least 4 members (excludes halogenated alkanes) is 24. The Morgan fingerprint density at radius 1 is 0.444 bits per heavy atom. The van der Waals surface area contributed by atoms with Gasteiger partial charge in [-0.25, -0.2) is 0 Å². The average molecular weight is 1150 g/mol. The van der Waals surface area contributed by atoms with Crippen LogP contribution in [0.1, 0.15) is 265 Å². The molecule has 464 valence electrons. The molecule has 1 amide bonds. The Morgan fingerprint density at radius 3 is 1.22 bits per heavy atom. The molecule has 81 heavy (non-hydrogen) atoms. The van der Waals surface area contributed by atoms with Crippen LogP contribution in [-0.2, 0) is 27.9 Å². The molecular formula is C71H123N2O7P. The SMILES string of the molecule is CC/C=C\C/C=C\C/C=C\C/C=C\C/C=C\C/C=C\CCCCC(=O)NC(COP(=O)([O-])OCC[N+](C)(C)C)C(/C=C/CCCCCCCCCCCCC)OC(=O)CCCCCCCCCC/C=C\C/C=C\C/C=C\CCCCC. The number of phosphoric acid groups is 1. The Kier molecular flexibility index (Phi) is 56.9. The van der Waals surface area contributed by atoms with Gasteiger partial charge in [-0.1, -0.05) is 252 Å². The van der Waals surface area contributed by atoms with E-state index < -0.39 is 26.6 Å². The molecule has 0 saturated heterocycles. The van der Waals surface area contributed by atoms with Crippen molar-refractivity contribution in [1.82, 2.24) is 5.32 Å². The standard InChI is InChI=1S/C71H123N2O7P/c1-7-10-13-16-19-22-25-28-30-32-34-36-38-40-42-45-48-51-54-57-60-63-70(74)72-68(67-79-81(76,77)78-66-65-73(4,5)6)69(62-59-56-53-50-47-44-27-24-21-18-15-12-9-3)80-71(75)64-61-58-55-52-49-46-43-41-39-37-35-33-31-29-26-23-20-17-14-11-8-2/h10,13,19-20,22-23,28-31,34-37,40,42,48,51,59,62,68-69H,7-9,11-12,14-18,21,24-27,32-33,38-39,41,43-47,49-50,52-58,60-61,63-67H2,1-6H3,(H-,72,74,76,77)/b13-10-,22-19-,23-20-,30-28-,31-29-,36-34-,37-35-,42-40-,51-48-,62-59+. The Bertz CT molecular complexity index is 1800. The Hall–Kier alpha value is -3.59. The summed E-state index contributed by atoms with van der Waals surface area (Å²) >= 11 is 0. The Labute approximate surface area is 499 Å². The van der Waals surface area contributed by atoms with Gasteiger partial charge in [-0.05, 0) is 122 Å². The molecule has 0 fully saturated rings. The molecule has 0 aromatic carbocycles. The minimum absolute atomic E-state index is 0.0385. The van der Waals surface area contributed by atoms with Gasteiger partial charge in [0, 0.05) is 12.8 Å². The third-order valence-corrected chi connectivity index (χ3v) is 14.8. The maximum Gasteiger partial charge on any atom is 0.306 e. The molecule has 0 heterocycles. The zero-order valence-electron chi connectivity index (χ0n) is 52.9. The third kappa shape index (κ3) is 60.8. The van der Waals surface area contributed by atoms with Gasteiger partial charge in [-0.3, -0.25) is 14.2 Å². The molecule has 1 N–H and O–H groups in total. The molecule has 9 nitrogen and oxygen atoms in total. The molecule has 0 aliphatic carbocycles. The molecule has 10 heteroatoms. The van der Waals surface area contributed by atoms with Gasteiger partial charge in [0.1, 0.15) is 19.3 Å². The second-order valence-corrected chi connectivity index (χ2v) is 24.3. The second kappa shape index (κ2) is 59.6. The first kappa shape index (κ1) is 77.4. The zero-order valence-corrected chi connectivity index (χ0v) is 53.8. The highest BCUT2D eigenvalue weighted by molar-refractivity contribution is 7.45. The lowest BCUT2D eigenvalue weighted by Crippen LogP contribution is -2.47. The lowest BCUT2D eigenvalue weighted by molar-refractivity contribution is -0.870. The minimum Gasteiger partial charge on any atom is -0.756 e. The highest BCUT2D eigenvalue weighted by atomic mass is 31.2. The van der Waals surface area contributed by atoms with Crippen LogP contribution in [0.2, 0.25) is 0 Å². The van der Waals surface area contributed by atoms with Crippen LogP contribution in [0.25, 0.3) is 0 Å². The maximum atomic E-state index is 13.6. The normalized spacial score (nSPS) is 14.4. The van der Waals surface area contributed by atoms with Gasteiger partial charge in [0.2, 0.25) is 5.91 Å². The molecule has 0 aliphatic heterocycles. The van der Waals surface area contributed by atoms with E-state index in [1.807, 2.05) is 33.3 Å². The van der Waals surface area contributed by atoms with Crippen molar-refractivity contribution in [2.45, 2.75) is 277 Å². The molecule has 0 spiro atoms. The lowest BCUT2D eigenvalue weighted by Gasteiger charge is -2.30. The predicted molar refractivity (Wildman–Crippen MR) is 348 cm³/mol. The molecule has 0 rings (SSSR count). The van der Waals surface area contributed by atoms with Gasteiger partial charge < -0.3 is 28.5 Å². The highest BCUT2D eigenvalue weighted by Crippen LogP contribution is 2.38. The van der Waals surface area contributed by atoms with E-state index >= 15 is 0 Å². The number of amides is 1. The van der Waals surface area contributed by atoms with Crippen molar-refractivity contribution in [3.05, 3.63) is 122 Å². The summed E-state index contributed by atoms with van der Waals surface area (Å²) in [6, 6.07) is -0.924. The van der Waals surface area contributed by atoms with Gasteiger partial charge in [0.05, 0.1) is 33.8 Å². The number of phosphoric ester groups is 1. The molecule has 3 atom stereocenters. The lowest BCUT2D eigenvalue weighted by atomic mass is 10.0. The smallest absolute Gasteiger partial charge is 0.306 e. The van der Waals surface area contributed by atoms with Crippen LogP contribution in [0, 0.1) is 0 Å². The summed E-state index contributed by atoms with van der Waals surface area (Å²) in [4.78, 5) is 40.1. The van der Waals surface area contributed by atoms with Gasteiger partial charge in [-0.2, -0.15) is 0 Å². The summed E-state index contributed by atoms with van der Waals surface area (Å²) in [5, 5.41) is 3.01. The summed E-state index contributed by atoms with van der Waals surface area (Å²) in [5.41, 5.74) is 0. The number of nitrogens with zero attached hydrogens (tertiary/aromatic N) is 1. The largest absolute Gasteiger partial charge is 0.756 e. The van der Waals surface area contributed by atoms with Crippen molar-refractivity contribution in [2.24, 2.45) is 0 Å². The number of carbonyl (C=O) groups excluding carboxylic acids is 2. The number of esters is 1. The van der Waals surface area contributed by atoms with Crippen LogP contribution >= 0.6 is 7.82 Å². The summed E-state index contributed by atoms with van der Waals surface area (Å²) in [6.07, 6.45) is 83.1. The van der Waals surface area contributed by atoms with E-state index in [2.05, 4.69) is 135 Å². The monoisotopic (exact) mass is 1150 g/mol. The summed E-state index contributed by atoms with van der Waals surface area (Å²) < 4.78 is 30.3. The fourth-order valence-electron chi connectivity index (χ4n) is 8.83. The third-order valence-electron chi connectivity index (χ3n) is 13.9. The average Bonchev–Trinajstić information content (AvgIpc) is 3.44. The van der Waals surface area contributed by atoms with Gasteiger partial charge >= 0.3 is 5.97 Å². The summed E-state index contributed by atoms with van der Waals surface area (Å²) in [5.74, 6) is -0.605. The molecular weight excluding hydrogens is 1020 g/mol. The van der Waals surface area contributed by atoms with Crippen LogP contribution in [0.3, 0.4) is 0 Å². The first-order chi connectivity index (χ1) is 39.4. The van der Waals surface area contributed by atoms with E-state index in [1.165, 1.54) is 109 Å². The maximum absolute atomic E-state index is 13.6. The molecule has 0 aromatic rings. The van der Waals surface area contributed by atoms with E-state index in [0.717, 1.165) is 109 Å². The molecule has 0 aliphatic rings. The number of quaternary nitrogens is 1. The van der Waals surface area contributed by atoms with Crippen LogP contribution in [0.5, 0.6) is 0 Å². The number of nitrogens with one attached hydrogen (secondary N) is 1. The quantitative estimate of drug-likeness (QED) is 0.0212. The highest BCUT2D eigenvalue weighted by Gasteiger charge is 2.27. The van der Waals surface area contributed by atoms with Crippen molar-refractivity contribution in [1.29, 1.82) is 0 Å². The van der Waals surface area contributed by atoms with Gasteiger partial charge in [-0.15, -0.1) is 0 Å². The van der Waals surface area contributed by atoms with E-state index in [-0.39, 0.29) is 31.3 Å². The van der Waals surface area contributed by atoms with Crippen molar-refractivity contribution in [3.8, 4) is 0 Å². The molecule has 3 unspecified atom stereocenters. The van der Waals surface area contributed by atoms with Crippen molar-refractivity contribution < 1.29 is 37.3 Å². The Balaban J connectivity index is 5.33. The molecule has 0 aromatic heterocycles. The van der Waals surface area contributed by atoms with E-state index in [9.17, 15) is 19.0 Å². The molecule has 0 saturated carbocycles. The minimum atomic E-state index is -4.72. The van der Waals surface area contributed by atoms with Crippen LogP contribution in [0.4, 0.5) is 0 Å². The summed E-state index contributed by atoms with van der Waals surface area (Å²) in [7, 11) is 1.14. The first-order valence-corrected chi connectivity index (χ1v) is 34.3. The van der Waals surface area contributed by atoms with Crippen molar-refractivity contribution >= 4 is 19.7 Å². The van der Waals surface area contributed by atoms with E-state index in [4.69, 9.17) is 13.8 Å². The second-order valence-electron chi connectivity index (χ2n) is 22.9. The van der Waals surface area contributed by atoms with Gasteiger partial charge in [0.15, 0.2) is 0 Å². The molecule has 0 bridgehead atoms. The van der Waals surface area contributed by atoms with Gasteiger partial charge in [0.25, 0.3) is 7.82 Å². The van der Waals surface area contributed by atoms with Crippen molar-refractivity contribution in [3.63, 3.8) is 0 Å². The number of allylic oxidation sites excluding steroid dienone is 19. The van der Waals surface area contributed by atoms with Crippen molar-refractivity contribution in [2.75, 3.05) is 40.9 Å². The number of hydrogen-bond donors (Lipinski definition) is 1. The topological polar surface area (TPSA) is 114 Å². The molecule has 0 radical (unpaired) electrons.